The number of nitrogens with zero attached hydrogens (tertiary/aromatic N) is 5. The third-order valence-corrected chi connectivity index (χ3v) is 5.12. The summed E-state index contributed by atoms with van der Waals surface area (Å²) in [6, 6.07) is 9.16. The van der Waals surface area contributed by atoms with E-state index in [0.717, 1.165) is 5.56 Å². The summed E-state index contributed by atoms with van der Waals surface area (Å²) in [6.07, 6.45) is 4.76. The molecule has 0 N–H and O–H groups in total. The highest BCUT2D eigenvalue weighted by Crippen LogP contribution is 2.16. The van der Waals surface area contributed by atoms with Crippen molar-refractivity contribution in [2.45, 2.75) is 13.0 Å². The number of furan rings is 1. The SMILES string of the molecule is CC(C(=O)N1CCN(C(=O)c2ccco2)CC1)n1nc(-c2cccnc2)ccc1=O. The average molecular weight is 407 g/mol. The molecule has 0 radical (unpaired) electrons. The largest absolute Gasteiger partial charge is 0.459 e. The summed E-state index contributed by atoms with van der Waals surface area (Å²) < 4.78 is 6.36. The second-order valence-corrected chi connectivity index (χ2v) is 7.01. The number of hydrogen-bond acceptors (Lipinski definition) is 6. The molecular formula is C21H21N5O4. The number of carbonyl (C=O) groups is 2. The topological polar surface area (TPSA) is 102 Å². The first kappa shape index (κ1) is 19.6. The van der Waals surface area contributed by atoms with Gasteiger partial charge >= 0.3 is 0 Å². The van der Waals surface area contributed by atoms with Gasteiger partial charge in [-0.25, -0.2) is 4.68 Å². The van der Waals surface area contributed by atoms with Crippen molar-refractivity contribution in [2.75, 3.05) is 26.2 Å². The lowest BCUT2D eigenvalue weighted by molar-refractivity contribution is -0.136. The fourth-order valence-corrected chi connectivity index (χ4v) is 3.43. The van der Waals surface area contributed by atoms with Crippen LogP contribution in [0.15, 0.2) is 64.3 Å². The van der Waals surface area contributed by atoms with Crippen LogP contribution in [-0.2, 0) is 4.79 Å². The zero-order valence-electron chi connectivity index (χ0n) is 16.5. The Bertz CT molecular complexity index is 1090. The molecule has 4 rings (SSSR count). The first-order valence-electron chi connectivity index (χ1n) is 9.66. The van der Waals surface area contributed by atoms with Crippen molar-refractivity contribution in [3.8, 4) is 11.3 Å². The van der Waals surface area contributed by atoms with Crippen molar-refractivity contribution < 1.29 is 14.0 Å². The van der Waals surface area contributed by atoms with Gasteiger partial charge in [0.2, 0.25) is 5.91 Å². The molecule has 1 aliphatic rings. The molecule has 9 heteroatoms. The molecule has 154 valence electrons. The van der Waals surface area contributed by atoms with Crippen molar-refractivity contribution in [1.82, 2.24) is 24.6 Å². The first-order chi connectivity index (χ1) is 14.5. The second-order valence-electron chi connectivity index (χ2n) is 7.01. The normalized spacial score (nSPS) is 15.1. The highest BCUT2D eigenvalue weighted by atomic mass is 16.3. The summed E-state index contributed by atoms with van der Waals surface area (Å²) in [6.45, 7) is 3.22. The molecule has 1 unspecified atom stereocenters. The molecule has 4 heterocycles. The highest BCUT2D eigenvalue weighted by Gasteiger charge is 2.29. The van der Waals surface area contributed by atoms with E-state index in [4.69, 9.17) is 4.42 Å². The van der Waals surface area contributed by atoms with Crippen LogP contribution >= 0.6 is 0 Å². The lowest BCUT2D eigenvalue weighted by Gasteiger charge is -2.35. The highest BCUT2D eigenvalue weighted by molar-refractivity contribution is 5.91. The molecule has 0 bridgehead atoms. The van der Waals surface area contributed by atoms with Crippen molar-refractivity contribution in [2.24, 2.45) is 0 Å². The van der Waals surface area contributed by atoms with E-state index < -0.39 is 6.04 Å². The summed E-state index contributed by atoms with van der Waals surface area (Å²) in [5.74, 6) is -0.119. The molecule has 3 aromatic heterocycles. The molecule has 2 amide bonds. The molecule has 30 heavy (non-hydrogen) atoms. The van der Waals surface area contributed by atoms with E-state index in [0.29, 0.717) is 31.9 Å². The van der Waals surface area contributed by atoms with Gasteiger partial charge in [-0.3, -0.25) is 19.4 Å². The van der Waals surface area contributed by atoms with E-state index in [1.165, 1.54) is 17.0 Å². The van der Waals surface area contributed by atoms with Gasteiger partial charge in [0, 0.05) is 50.2 Å². The number of amides is 2. The van der Waals surface area contributed by atoms with E-state index in [1.54, 1.807) is 53.4 Å². The van der Waals surface area contributed by atoms with Crippen LogP contribution < -0.4 is 5.56 Å². The van der Waals surface area contributed by atoms with E-state index in [2.05, 4.69) is 10.1 Å². The molecule has 1 fully saturated rings. The van der Waals surface area contributed by atoms with Crippen molar-refractivity contribution >= 4 is 11.8 Å². The number of rotatable bonds is 4. The molecule has 9 nitrogen and oxygen atoms in total. The van der Waals surface area contributed by atoms with Gasteiger partial charge in [0.25, 0.3) is 11.5 Å². The first-order valence-corrected chi connectivity index (χ1v) is 9.66. The van der Waals surface area contributed by atoms with Gasteiger partial charge in [0.05, 0.1) is 12.0 Å². The molecule has 1 saturated heterocycles. The Hall–Kier alpha value is -3.75. The summed E-state index contributed by atoms with van der Waals surface area (Å²) >= 11 is 0. The monoisotopic (exact) mass is 407 g/mol. The van der Waals surface area contributed by atoms with Gasteiger partial charge in [-0.1, -0.05) is 0 Å². The van der Waals surface area contributed by atoms with E-state index in [9.17, 15) is 14.4 Å². The van der Waals surface area contributed by atoms with Gasteiger partial charge < -0.3 is 14.2 Å². The Kier molecular flexibility index (Phi) is 5.42. The fourth-order valence-electron chi connectivity index (χ4n) is 3.43. The molecule has 1 aliphatic heterocycles. The van der Waals surface area contributed by atoms with Crippen LogP contribution in [0.3, 0.4) is 0 Å². The van der Waals surface area contributed by atoms with E-state index >= 15 is 0 Å². The molecular weight excluding hydrogens is 386 g/mol. The van der Waals surface area contributed by atoms with Crippen LogP contribution in [0.1, 0.15) is 23.5 Å². The second kappa shape index (κ2) is 8.32. The Balaban J connectivity index is 1.45. The quantitative estimate of drug-likeness (QED) is 0.649. The minimum Gasteiger partial charge on any atom is -0.459 e. The van der Waals surface area contributed by atoms with Gasteiger partial charge in [0.15, 0.2) is 5.76 Å². The molecule has 0 spiro atoms. The number of pyridine rings is 1. The maximum Gasteiger partial charge on any atom is 0.289 e. The van der Waals surface area contributed by atoms with Gasteiger partial charge in [-0.2, -0.15) is 5.10 Å². The predicted molar refractivity (Wildman–Crippen MR) is 108 cm³/mol. The fraction of sp³-hybridized carbons (Fsp3) is 0.286. The van der Waals surface area contributed by atoms with Crippen LogP contribution in [0.5, 0.6) is 0 Å². The van der Waals surface area contributed by atoms with Gasteiger partial charge in [-0.05, 0) is 37.3 Å². The van der Waals surface area contributed by atoms with Crippen LogP contribution in [0.2, 0.25) is 0 Å². The Morgan fingerprint density at radius 1 is 1.03 bits per heavy atom. The van der Waals surface area contributed by atoms with Crippen LogP contribution in [-0.4, -0.2) is 62.6 Å². The van der Waals surface area contributed by atoms with Crippen LogP contribution in [0.25, 0.3) is 11.3 Å². The Labute approximate surface area is 172 Å². The maximum atomic E-state index is 13.0. The third kappa shape index (κ3) is 3.86. The zero-order valence-corrected chi connectivity index (χ0v) is 16.5. The zero-order chi connectivity index (χ0) is 21.1. The molecule has 0 saturated carbocycles. The summed E-state index contributed by atoms with van der Waals surface area (Å²) in [4.78, 5) is 45.1. The van der Waals surface area contributed by atoms with Crippen molar-refractivity contribution in [1.29, 1.82) is 0 Å². The van der Waals surface area contributed by atoms with Crippen LogP contribution in [0, 0.1) is 0 Å². The van der Waals surface area contributed by atoms with Gasteiger partial charge in [-0.15, -0.1) is 0 Å². The lowest BCUT2D eigenvalue weighted by atomic mass is 10.2. The average Bonchev–Trinajstić information content (AvgIpc) is 3.34. The minimum absolute atomic E-state index is 0.192. The standard InChI is InChI=1S/C21H21N5O4/c1-15(26-19(27)7-6-17(23-26)16-4-2-8-22-14-16)20(28)24-9-11-25(12-10-24)21(29)18-5-3-13-30-18/h2-8,13-15H,9-12H2,1H3. The van der Waals surface area contributed by atoms with Crippen LogP contribution in [0.4, 0.5) is 0 Å². The maximum absolute atomic E-state index is 13.0. The summed E-state index contributed by atoms with van der Waals surface area (Å²) in [5, 5.41) is 4.38. The molecule has 0 aromatic carbocycles. The molecule has 0 aliphatic carbocycles. The molecule has 1 atom stereocenters. The molecule has 3 aromatic rings. The van der Waals surface area contributed by atoms with E-state index in [-0.39, 0.29) is 23.1 Å². The minimum atomic E-state index is -0.763. The summed E-state index contributed by atoms with van der Waals surface area (Å²) in [5.41, 5.74) is 0.974. The van der Waals surface area contributed by atoms with Gasteiger partial charge in [0.1, 0.15) is 6.04 Å². The Morgan fingerprint density at radius 3 is 2.47 bits per heavy atom. The number of piperazine rings is 1. The number of aromatic nitrogens is 3. The van der Waals surface area contributed by atoms with E-state index in [1.807, 2.05) is 6.07 Å². The Morgan fingerprint density at radius 2 is 1.80 bits per heavy atom. The predicted octanol–water partition coefficient (Wildman–Crippen LogP) is 1.44. The number of carbonyl (C=O) groups excluding carboxylic acids is 2. The number of hydrogen-bond donors (Lipinski definition) is 0. The summed E-state index contributed by atoms with van der Waals surface area (Å²) in [7, 11) is 0. The smallest absolute Gasteiger partial charge is 0.289 e. The third-order valence-electron chi connectivity index (χ3n) is 5.12. The van der Waals surface area contributed by atoms with Crippen molar-refractivity contribution in [3.63, 3.8) is 0 Å². The van der Waals surface area contributed by atoms with Crippen molar-refractivity contribution in [3.05, 3.63) is 71.2 Å². The lowest BCUT2D eigenvalue weighted by Crippen LogP contribution is -2.52.